The summed E-state index contributed by atoms with van der Waals surface area (Å²) in [6.07, 6.45) is 0.131. The summed E-state index contributed by atoms with van der Waals surface area (Å²) in [6.45, 7) is 0. The van der Waals surface area contributed by atoms with E-state index in [0.29, 0.717) is 10.1 Å². The van der Waals surface area contributed by atoms with E-state index in [-0.39, 0.29) is 6.42 Å². The van der Waals surface area contributed by atoms with E-state index in [0.717, 1.165) is 0 Å². The predicted octanol–water partition coefficient (Wildman–Crippen LogP) is 2.26. The van der Waals surface area contributed by atoms with Gasteiger partial charge in [0.25, 0.3) is 9.58 Å². The maximum absolute atomic E-state index is 9.59. The fourth-order valence-electron chi connectivity index (χ4n) is 0.705. The number of halogens is 4. The second-order valence-electron chi connectivity index (χ2n) is 2.34. The number of rotatable bonds is 1. The van der Waals surface area contributed by atoms with Gasteiger partial charge in [-0.05, 0) is 0 Å². The average Bonchev–Trinajstić information content (AvgIpc) is 2.31. The van der Waals surface area contributed by atoms with Gasteiger partial charge in [0.05, 0.1) is 12.1 Å². The van der Waals surface area contributed by atoms with Crippen LogP contribution in [0, 0.1) is 0 Å². The molecule has 12 heavy (non-hydrogen) atoms. The topological polar surface area (TPSA) is 41.8 Å². The summed E-state index contributed by atoms with van der Waals surface area (Å²) in [4.78, 5) is 4.65. The largest absolute Gasteiger partial charge is 0.355 e. The normalized spacial score (nSPS) is 29.9. The molecule has 0 spiro atoms. The van der Waals surface area contributed by atoms with Gasteiger partial charge in [-0.3, -0.25) is 0 Å². The first-order valence-electron chi connectivity index (χ1n) is 2.98. The van der Waals surface area contributed by atoms with Crippen LogP contribution in [-0.4, -0.2) is 24.8 Å². The third-order valence-electron chi connectivity index (χ3n) is 1.37. The highest BCUT2D eigenvalue weighted by Crippen LogP contribution is 2.43. The molecular formula is C5H5Cl3INO2. The van der Waals surface area contributed by atoms with Crippen molar-refractivity contribution in [1.82, 2.24) is 0 Å². The van der Waals surface area contributed by atoms with Gasteiger partial charge in [0.2, 0.25) is 0 Å². The lowest BCUT2D eigenvalue weighted by molar-refractivity contribution is -0.181. The highest BCUT2D eigenvalue weighted by molar-refractivity contribution is 14.1. The summed E-state index contributed by atoms with van der Waals surface area (Å²) in [5.74, 6) is -1.81. The molecule has 0 radical (unpaired) electrons. The molecule has 1 heterocycles. The molecule has 0 amide bonds. The first kappa shape index (κ1) is 11.1. The van der Waals surface area contributed by atoms with E-state index in [1.807, 2.05) is 0 Å². The molecule has 0 aromatic heterocycles. The average molecular weight is 344 g/mol. The predicted molar refractivity (Wildman–Crippen MR) is 57.3 cm³/mol. The van der Waals surface area contributed by atoms with Gasteiger partial charge >= 0.3 is 0 Å². The standard InChI is InChI=1S/C5H5Cl3INO2/c6-5(7,8)4(11)1-3(2-9)10-12-4/h11H,1-2H2. The Kier molecular flexibility index (Phi) is 3.38. The van der Waals surface area contributed by atoms with E-state index in [9.17, 15) is 5.11 Å². The van der Waals surface area contributed by atoms with Crippen molar-refractivity contribution in [3.05, 3.63) is 0 Å². The molecule has 1 atom stereocenters. The van der Waals surface area contributed by atoms with Crippen molar-refractivity contribution >= 4 is 63.1 Å². The molecule has 1 aliphatic heterocycles. The van der Waals surface area contributed by atoms with E-state index in [1.54, 1.807) is 0 Å². The van der Waals surface area contributed by atoms with Crippen molar-refractivity contribution in [1.29, 1.82) is 0 Å². The third-order valence-corrected chi connectivity index (χ3v) is 3.13. The first-order valence-corrected chi connectivity index (χ1v) is 5.64. The molecule has 0 bridgehead atoms. The second-order valence-corrected chi connectivity index (χ2v) is 5.39. The monoisotopic (exact) mass is 343 g/mol. The van der Waals surface area contributed by atoms with Crippen molar-refractivity contribution < 1.29 is 9.94 Å². The Labute approximate surface area is 98.1 Å². The van der Waals surface area contributed by atoms with Crippen LogP contribution in [-0.2, 0) is 4.84 Å². The van der Waals surface area contributed by atoms with Crippen LogP contribution in [0.25, 0.3) is 0 Å². The van der Waals surface area contributed by atoms with Gasteiger partial charge in [-0.15, -0.1) is 0 Å². The molecule has 0 aromatic rings. The molecule has 0 saturated carbocycles. The lowest BCUT2D eigenvalue weighted by atomic mass is 10.2. The van der Waals surface area contributed by atoms with Crippen LogP contribution in [0.15, 0.2) is 5.16 Å². The number of aliphatic hydroxyl groups is 1. The van der Waals surface area contributed by atoms with Crippen molar-refractivity contribution in [2.24, 2.45) is 5.16 Å². The van der Waals surface area contributed by atoms with Crippen LogP contribution < -0.4 is 0 Å². The molecule has 0 fully saturated rings. The minimum atomic E-state index is -1.87. The molecule has 1 rings (SSSR count). The number of oxime groups is 1. The summed E-state index contributed by atoms with van der Waals surface area (Å²) in [6, 6.07) is 0. The first-order chi connectivity index (χ1) is 5.39. The Morgan fingerprint density at radius 3 is 2.50 bits per heavy atom. The Morgan fingerprint density at radius 2 is 2.25 bits per heavy atom. The molecule has 1 N–H and O–H groups in total. The van der Waals surface area contributed by atoms with Crippen LogP contribution in [0.5, 0.6) is 0 Å². The molecular weight excluding hydrogens is 339 g/mol. The van der Waals surface area contributed by atoms with Crippen molar-refractivity contribution in [3.63, 3.8) is 0 Å². The zero-order valence-electron chi connectivity index (χ0n) is 5.73. The van der Waals surface area contributed by atoms with E-state index < -0.39 is 9.58 Å². The molecule has 0 aromatic carbocycles. The summed E-state index contributed by atoms with van der Waals surface area (Å²) in [5.41, 5.74) is 0.671. The maximum Gasteiger partial charge on any atom is 0.287 e. The molecule has 70 valence electrons. The maximum atomic E-state index is 9.59. The van der Waals surface area contributed by atoms with Crippen LogP contribution in [0.2, 0.25) is 0 Å². The number of nitrogens with zero attached hydrogens (tertiary/aromatic N) is 1. The minimum Gasteiger partial charge on any atom is -0.355 e. The third kappa shape index (κ3) is 2.09. The lowest BCUT2D eigenvalue weighted by Gasteiger charge is -2.26. The van der Waals surface area contributed by atoms with Crippen LogP contribution >= 0.6 is 57.4 Å². The second kappa shape index (κ2) is 3.65. The fraction of sp³-hybridized carbons (Fsp3) is 0.800. The quantitative estimate of drug-likeness (QED) is 0.586. The van der Waals surface area contributed by atoms with Crippen LogP contribution in [0.1, 0.15) is 6.42 Å². The number of alkyl halides is 4. The Morgan fingerprint density at radius 1 is 1.67 bits per heavy atom. The summed E-state index contributed by atoms with van der Waals surface area (Å²) in [7, 11) is 0. The van der Waals surface area contributed by atoms with Gasteiger partial charge in [-0.25, -0.2) is 0 Å². The Balaban J connectivity index is 2.70. The van der Waals surface area contributed by atoms with Gasteiger partial charge in [0.15, 0.2) is 0 Å². The minimum absolute atomic E-state index is 0.131. The Hall–Kier alpha value is 1.03. The van der Waals surface area contributed by atoms with Crippen molar-refractivity contribution in [2.45, 2.75) is 16.0 Å². The lowest BCUT2D eigenvalue weighted by Crippen LogP contribution is -2.42. The molecule has 7 heteroatoms. The smallest absolute Gasteiger partial charge is 0.287 e. The zero-order valence-corrected chi connectivity index (χ0v) is 10.2. The van der Waals surface area contributed by atoms with Crippen LogP contribution in [0.4, 0.5) is 0 Å². The SMILES string of the molecule is OC1(C(Cl)(Cl)Cl)CC(CI)=NO1. The summed E-state index contributed by atoms with van der Waals surface area (Å²) in [5, 5.41) is 13.2. The van der Waals surface area contributed by atoms with Gasteiger partial charge in [0.1, 0.15) is 0 Å². The zero-order chi connectivity index (χ0) is 9.41. The molecule has 0 aliphatic carbocycles. The van der Waals surface area contributed by atoms with E-state index >= 15 is 0 Å². The highest BCUT2D eigenvalue weighted by atomic mass is 127. The highest BCUT2D eigenvalue weighted by Gasteiger charge is 2.53. The fourth-order valence-corrected chi connectivity index (χ4v) is 1.42. The van der Waals surface area contributed by atoms with Gasteiger partial charge in [0, 0.05) is 4.43 Å². The van der Waals surface area contributed by atoms with E-state index in [1.165, 1.54) is 0 Å². The van der Waals surface area contributed by atoms with E-state index in [4.69, 9.17) is 34.8 Å². The summed E-state index contributed by atoms with van der Waals surface area (Å²) < 4.78 is -1.23. The number of hydrogen-bond acceptors (Lipinski definition) is 3. The van der Waals surface area contributed by atoms with Gasteiger partial charge in [-0.2, -0.15) is 0 Å². The summed E-state index contributed by atoms with van der Waals surface area (Å²) >= 11 is 18.5. The molecule has 1 unspecified atom stereocenters. The Bertz CT molecular complexity index is 217. The van der Waals surface area contributed by atoms with Crippen LogP contribution in [0.3, 0.4) is 0 Å². The van der Waals surface area contributed by atoms with Gasteiger partial charge in [-0.1, -0.05) is 62.5 Å². The molecule has 3 nitrogen and oxygen atoms in total. The molecule has 1 aliphatic rings. The van der Waals surface area contributed by atoms with Gasteiger partial charge < -0.3 is 9.94 Å². The molecule has 0 saturated heterocycles. The van der Waals surface area contributed by atoms with Crippen molar-refractivity contribution in [2.75, 3.05) is 4.43 Å². The van der Waals surface area contributed by atoms with Crippen molar-refractivity contribution in [3.8, 4) is 0 Å². The van der Waals surface area contributed by atoms with E-state index in [2.05, 4.69) is 32.6 Å². The number of hydrogen-bond donors (Lipinski definition) is 1.